The molecule has 0 aliphatic carbocycles. The Labute approximate surface area is 96.7 Å². The van der Waals surface area contributed by atoms with E-state index in [4.69, 9.17) is 4.43 Å². The van der Waals surface area contributed by atoms with Crippen molar-refractivity contribution in [3.63, 3.8) is 0 Å². The van der Waals surface area contributed by atoms with Crippen LogP contribution in [0.1, 0.15) is 27.2 Å². The van der Waals surface area contributed by atoms with Gasteiger partial charge in [-0.05, 0) is 18.1 Å². The van der Waals surface area contributed by atoms with Gasteiger partial charge in [-0.3, -0.25) is 0 Å². The molecular formula is C10H21BrO2Si. The minimum Gasteiger partial charge on any atom is -0.413 e. The molecule has 0 aromatic carbocycles. The first-order chi connectivity index (χ1) is 6.24. The molecule has 0 fully saturated rings. The third kappa shape index (κ3) is 4.23. The van der Waals surface area contributed by atoms with Crippen LogP contribution in [0.15, 0.2) is 0 Å². The third-order valence-corrected chi connectivity index (χ3v) is 8.06. The lowest BCUT2D eigenvalue weighted by atomic mass is 10.2. The summed E-state index contributed by atoms with van der Waals surface area (Å²) in [5.74, 6) is 0. The highest BCUT2D eigenvalue weighted by Crippen LogP contribution is 2.37. The lowest BCUT2D eigenvalue weighted by Gasteiger charge is -2.38. The van der Waals surface area contributed by atoms with Crippen molar-refractivity contribution >= 4 is 30.5 Å². The van der Waals surface area contributed by atoms with Crippen molar-refractivity contribution in [1.82, 2.24) is 0 Å². The van der Waals surface area contributed by atoms with Crippen LogP contribution in [0.4, 0.5) is 0 Å². The van der Waals surface area contributed by atoms with Crippen LogP contribution in [0, 0.1) is 0 Å². The Bertz CT molecular complexity index is 187. The van der Waals surface area contributed by atoms with Gasteiger partial charge in [0.2, 0.25) is 0 Å². The number of carbonyl (C=O) groups is 1. The molecule has 14 heavy (non-hydrogen) atoms. The van der Waals surface area contributed by atoms with E-state index in [1.807, 2.05) is 0 Å². The van der Waals surface area contributed by atoms with Gasteiger partial charge >= 0.3 is 0 Å². The number of aldehydes is 1. The molecule has 0 saturated carbocycles. The van der Waals surface area contributed by atoms with Gasteiger partial charge in [0.05, 0.1) is 6.10 Å². The maximum Gasteiger partial charge on any atom is 0.192 e. The second-order valence-corrected chi connectivity index (χ2v) is 10.5. The van der Waals surface area contributed by atoms with Crippen molar-refractivity contribution in [2.24, 2.45) is 0 Å². The van der Waals surface area contributed by atoms with Crippen molar-refractivity contribution in [3.8, 4) is 0 Å². The number of hydrogen-bond acceptors (Lipinski definition) is 2. The van der Waals surface area contributed by atoms with Crippen LogP contribution >= 0.6 is 15.9 Å². The highest BCUT2D eigenvalue weighted by molar-refractivity contribution is 9.09. The quantitative estimate of drug-likeness (QED) is 0.439. The van der Waals surface area contributed by atoms with Gasteiger partial charge in [0, 0.05) is 11.8 Å². The zero-order chi connectivity index (χ0) is 11.4. The Morgan fingerprint density at radius 2 is 1.93 bits per heavy atom. The van der Waals surface area contributed by atoms with Gasteiger partial charge in [-0.2, -0.15) is 0 Å². The fourth-order valence-corrected chi connectivity index (χ4v) is 2.85. The molecule has 1 atom stereocenters. The van der Waals surface area contributed by atoms with Gasteiger partial charge in [-0.15, -0.1) is 0 Å². The van der Waals surface area contributed by atoms with E-state index in [0.717, 1.165) is 11.6 Å². The molecule has 0 N–H and O–H groups in total. The zero-order valence-electron chi connectivity index (χ0n) is 9.76. The highest BCUT2D eigenvalue weighted by atomic mass is 79.9. The predicted octanol–water partition coefficient (Wildman–Crippen LogP) is 3.36. The van der Waals surface area contributed by atoms with E-state index in [1.165, 1.54) is 0 Å². The molecular weight excluding hydrogens is 260 g/mol. The largest absolute Gasteiger partial charge is 0.413 e. The number of halogens is 1. The summed E-state index contributed by atoms with van der Waals surface area (Å²) in [4.78, 5) is 10.4. The summed E-state index contributed by atoms with van der Waals surface area (Å²) >= 11 is 3.37. The van der Waals surface area contributed by atoms with Crippen LogP contribution in [-0.2, 0) is 9.22 Å². The summed E-state index contributed by atoms with van der Waals surface area (Å²) in [5, 5.41) is 0.939. The Kier molecular flexibility index (Phi) is 5.55. The molecule has 0 aliphatic heterocycles. The molecule has 0 amide bonds. The van der Waals surface area contributed by atoms with Crippen LogP contribution in [-0.4, -0.2) is 26.0 Å². The smallest absolute Gasteiger partial charge is 0.192 e. The first kappa shape index (κ1) is 14.3. The zero-order valence-corrected chi connectivity index (χ0v) is 12.3. The molecule has 0 bridgehead atoms. The maximum absolute atomic E-state index is 10.4. The summed E-state index contributed by atoms with van der Waals surface area (Å²) in [7, 11) is -1.72. The lowest BCUT2D eigenvalue weighted by molar-refractivity contribution is -0.109. The first-order valence-electron chi connectivity index (χ1n) is 4.92. The normalized spacial score (nSPS) is 15.3. The van der Waals surface area contributed by atoms with Crippen LogP contribution in [0.2, 0.25) is 18.1 Å². The minimum atomic E-state index is -1.72. The van der Waals surface area contributed by atoms with Crippen molar-refractivity contribution < 1.29 is 9.22 Å². The minimum absolute atomic E-state index is 0.0355. The molecule has 0 saturated heterocycles. The average molecular weight is 281 g/mol. The van der Waals surface area contributed by atoms with E-state index in [1.54, 1.807) is 0 Å². The van der Waals surface area contributed by atoms with Crippen molar-refractivity contribution in [2.45, 2.75) is 51.4 Å². The van der Waals surface area contributed by atoms with Crippen LogP contribution in [0.5, 0.6) is 0 Å². The third-order valence-electron chi connectivity index (χ3n) is 2.80. The lowest BCUT2D eigenvalue weighted by Crippen LogP contribution is -2.44. The van der Waals surface area contributed by atoms with Crippen molar-refractivity contribution in [3.05, 3.63) is 0 Å². The molecule has 0 spiro atoms. The Hall–Kier alpha value is 0.327. The number of carbonyl (C=O) groups excluding carboxylic acids is 1. The van der Waals surface area contributed by atoms with Crippen molar-refractivity contribution in [1.29, 1.82) is 0 Å². The van der Waals surface area contributed by atoms with E-state index in [2.05, 4.69) is 49.8 Å². The molecule has 0 radical (unpaired) electrons. The standard InChI is InChI=1S/C10H21BrO2Si/c1-10(2,3)14(4,5)13-9(8-11)6-7-12/h7,9H,6,8H2,1-5H3/t9-/m1/s1. The first-order valence-corrected chi connectivity index (χ1v) is 8.95. The topological polar surface area (TPSA) is 26.3 Å². The number of rotatable bonds is 5. The molecule has 0 unspecified atom stereocenters. The van der Waals surface area contributed by atoms with Gasteiger partial charge < -0.3 is 9.22 Å². The fourth-order valence-electron chi connectivity index (χ4n) is 0.843. The molecule has 2 nitrogen and oxygen atoms in total. The van der Waals surface area contributed by atoms with Crippen LogP contribution in [0.25, 0.3) is 0 Å². The molecule has 0 aromatic heterocycles. The van der Waals surface area contributed by atoms with Gasteiger partial charge in [0.25, 0.3) is 0 Å². The Morgan fingerprint density at radius 3 is 2.21 bits per heavy atom. The summed E-state index contributed by atoms with van der Waals surface area (Å²) in [6, 6.07) is 0. The summed E-state index contributed by atoms with van der Waals surface area (Å²) in [5.41, 5.74) is 0. The second-order valence-electron chi connectivity index (χ2n) is 5.06. The molecule has 4 heteroatoms. The van der Waals surface area contributed by atoms with E-state index in [0.29, 0.717) is 6.42 Å². The van der Waals surface area contributed by atoms with E-state index in [9.17, 15) is 4.79 Å². The number of hydrogen-bond donors (Lipinski definition) is 0. The molecule has 0 aliphatic rings. The SMILES string of the molecule is CC(C)(C)[Si](C)(C)O[C@@H](CBr)CC=O. The average Bonchev–Trinajstić information content (AvgIpc) is 2.01. The Morgan fingerprint density at radius 1 is 1.43 bits per heavy atom. The number of alkyl halides is 1. The molecule has 0 aromatic rings. The van der Waals surface area contributed by atoms with Crippen molar-refractivity contribution in [2.75, 3.05) is 5.33 Å². The fraction of sp³-hybridized carbons (Fsp3) is 0.900. The predicted molar refractivity (Wildman–Crippen MR) is 66.5 cm³/mol. The summed E-state index contributed by atoms with van der Waals surface area (Å²) < 4.78 is 6.05. The van der Waals surface area contributed by atoms with Crippen LogP contribution in [0.3, 0.4) is 0 Å². The van der Waals surface area contributed by atoms with E-state index >= 15 is 0 Å². The summed E-state index contributed by atoms with van der Waals surface area (Å²) in [6.45, 7) is 11.0. The van der Waals surface area contributed by atoms with Gasteiger partial charge in [-0.1, -0.05) is 36.7 Å². The van der Waals surface area contributed by atoms with Crippen LogP contribution < -0.4 is 0 Å². The van der Waals surface area contributed by atoms with E-state index in [-0.39, 0.29) is 11.1 Å². The monoisotopic (exact) mass is 280 g/mol. The van der Waals surface area contributed by atoms with E-state index < -0.39 is 8.32 Å². The van der Waals surface area contributed by atoms with Gasteiger partial charge in [-0.25, -0.2) is 0 Å². The highest BCUT2D eigenvalue weighted by Gasteiger charge is 2.38. The van der Waals surface area contributed by atoms with Gasteiger partial charge in [0.15, 0.2) is 8.32 Å². The summed E-state index contributed by atoms with van der Waals surface area (Å²) in [6.07, 6.45) is 1.45. The maximum atomic E-state index is 10.4. The Balaban J connectivity index is 4.39. The second kappa shape index (κ2) is 5.42. The molecule has 0 heterocycles. The molecule has 84 valence electrons. The molecule has 0 rings (SSSR count). The van der Waals surface area contributed by atoms with Gasteiger partial charge in [0.1, 0.15) is 6.29 Å².